The lowest BCUT2D eigenvalue weighted by Gasteiger charge is -2.28. The Bertz CT molecular complexity index is 2610. The highest BCUT2D eigenvalue weighted by molar-refractivity contribution is 8.00. The largest absolute Gasteiger partial charge is 0.351 e. The summed E-state index contributed by atoms with van der Waals surface area (Å²) in [6.45, 7) is 14.7. The average molecular weight is 1240 g/mol. The molecule has 6 aromatic carbocycles. The monoisotopic (exact) mass is 1230 g/mol. The van der Waals surface area contributed by atoms with Crippen LogP contribution in [-0.4, -0.2) is 62.2 Å². The summed E-state index contributed by atoms with van der Waals surface area (Å²) in [4.78, 5) is 5.27. The molecule has 432 valence electrons. The summed E-state index contributed by atoms with van der Waals surface area (Å²) in [5.41, 5.74) is 15.2. The quantitative estimate of drug-likeness (QED) is 0.0377. The van der Waals surface area contributed by atoms with Gasteiger partial charge in [-0.1, -0.05) is 177 Å². The van der Waals surface area contributed by atoms with Crippen molar-refractivity contribution in [2.24, 2.45) is 0 Å². The standard InChI is InChI=1S/C66H88Cl4N4O2P4/c1-3-55(57-19-7-49(43-67)8-20-57)39-64(42-66(76-80-78)62-29-13-52(46-70)14-30-62)60-25-17-54(18-26-60)48-74-36-6-32-71-33-37-73(35-5-31-72-34-38-74)47-53-15-23-58(24-16-53)56(4-2)40-63(59-21-9-50(44-68)10-22-59)41-65(75-79-77)61-27-11-51(45-69)12-28-61/h7-30,55-56,63-66,71-72,79-80H,3-6,31-48,77-78H2,1-2H3. The molecule has 0 radical (unpaired) electrons. The second-order valence-corrected chi connectivity index (χ2v) is 25.2. The molecule has 1 heterocycles. The maximum absolute atomic E-state index is 6.51. The molecule has 0 bridgehead atoms. The van der Waals surface area contributed by atoms with E-state index in [0.29, 0.717) is 64.2 Å². The van der Waals surface area contributed by atoms with Crippen LogP contribution in [0.15, 0.2) is 146 Å². The van der Waals surface area contributed by atoms with E-state index in [1.807, 2.05) is 0 Å². The number of hydrogen-bond acceptors (Lipinski definition) is 6. The normalized spacial score (nSPS) is 17.1. The van der Waals surface area contributed by atoms with Crippen LogP contribution in [0.5, 0.6) is 0 Å². The van der Waals surface area contributed by atoms with Crippen LogP contribution in [-0.2, 0) is 45.7 Å². The van der Waals surface area contributed by atoms with Crippen molar-refractivity contribution in [3.8, 4) is 0 Å². The average Bonchev–Trinajstić information content (AvgIpc) is 3.52. The lowest BCUT2D eigenvalue weighted by Crippen LogP contribution is -2.38. The Hall–Kier alpha value is -2.04. The maximum Gasteiger partial charge on any atom is 0.0874 e. The van der Waals surface area contributed by atoms with E-state index in [1.165, 1.54) is 44.5 Å². The molecule has 6 nitrogen and oxygen atoms in total. The molecule has 14 heteroatoms. The Morgan fingerprint density at radius 1 is 0.388 bits per heavy atom. The van der Waals surface area contributed by atoms with Crippen LogP contribution in [0.25, 0.3) is 0 Å². The van der Waals surface area contributed by atoms with Crippen LogP contribution in [0.3, 0.4) is 0 Å². The summed E-state index contributed by atoms with van der Waals surface area (Å²) in [6, 6.07) is 54.3. The molecule has 0 amide bonds. The smallest absolute Gasteiger partial charge is 0.0874 e. The first-order valence-electron chi connectivity index (χ1n) is 29.1. The zero-order chi connectivity index (χ0) is 56.3. The first-order valence-corrected chi connectivity index (χ1v) is 36.7. The first-order chi connectivity index (χ1) is 39.3. The SMILES string of the molecule is CCC(CC(CC(OPP)c1ccc(CCl)cc1)c1ccc(CCl)cc1)c1ccc(CN2CCCNCCN(Cc3ccc(C(CC(CC)c4ccc(CCl)cc4)CC(OPP)c4ccc(CCl)cc4)cc3)CCCNCC2)cc1. The summed E-state index contributed by atoms with van der Waals surface area (Å²) in [5.74, 6) is 3.54. The number of nitrogens with one attached hydrogen (secondary N) is 2. The van der Waals surface area contributed by atoms with Gasteiger partial charge < -0.3 is 19.7 Å². The van der Waals surface area contributed by atoms with Gasteiger partial charge in [0.15, 0.2) is 0 Å². The van der Waals surface area contributed by atoms with Crippen molar-refractivity contribution in [1.29, 1.82) is 0 Å². The number of rotatable bonds is 28. The van der Waals surface area contributed by atoms with E-state index in [0.717, 1.165) is 139 Å². The zero-order valence-corrected chi connectivity index (χ0v) is 54.6. The number of alkyl halides is 4. The number of nitrogens with zero attached hydrogens (tertiary/aromatic N) is 2. The molecule has 2 N–H and O–H groups in total. The van der Waals surface area contributed by atoms with E-state index in [1.54, 1.807) is 0 Å². The van der Waals surface area contributed by atoms with Crippen LogP contribution >= 0.6 is 81.3 Å². The van der Waals surface area contributed by atoms with Gasteiger partial charge in [0.1, 0.15) is 0 Å². The minimum atomic E-state index is -0.0114. The molecule has 1 aliphatic heterocycles. The van der Waals surface area contributed by atoms with E-state index in [-0.39, 0.29) is 12.2 Å². The minimum Gasteiger partial charge on any atom is -0.351 e. The molecule has 1 fully saturated rings. The topological polar surface area (TPSA) is 49.0 Å². The van der Waals surface area contributed by atoms with Crippen molar-refractivity contribution < 1.29 is 9.05 Å². The molecule has 0 spiro atoms. The fraction of sp³-hybridized carbons (Fsp3) is 0.455. The predicted molar refractivity (Wildman–Crippen MR) is 356 cm³/mol. The highest BCUT2D eigenvalue weighted by atomic mass is 35.5. The molecule has 10 unspecified atom stereocenters. The summed E-state index contributed by atoms with van der Waals surface area (Å²) < 4.78 is 13.0. The Balaban J connectivity index is 0.936. The third-order valence-corrected chi connectivity index (χ3v) is 19.2. The Morgan fingerprint density at radius 2 is 0.675 bits per heavy atom. The van der Waals surface area contributed by atoms with E-state index in [4.69, 9.17) is 55.5 Å². The molecule has 1 aliphatic rings. The van der Waals surface area contributed by atoms with Gasteiger partial charge in [0, 0.05) is 79.8 Å². The van der Waals surface area contributed by atoms with Gasteiger partial charge in [-0.05, 0) is 168 Å². The van der Waals surface area contributed by atoms with Gasteiger partial charge in [0.25, 0.3) is 0 Å². The summed E-state index contributed by atoms with van der Waals surface area (Å²) in [5, 5.41) is 7.63. The van der Waals surface area contributed by atoms with Crippen LogP contribution in [0.4, 0.5) is 0 Å². The number of halogens is 4. The zero-order valence-electron chi connectivity index (χ0n) is 47.3. The van der Waals surface area contributed by atoms with Gasteiger partial charge in [-0.3, -0.25) is 9.80 Å². The molecule has 0 aliphatic carbocycles. The van der Waals surface area contributed by atoms with Crippen molar-refractivity contribution in [3.63, 3.8) is 0 Å². The van der Waals surface area contributed by atoms with Crippen molar-refractivity contribution >= 4 is 81.3 Å². The molecule has 1 saturated heterocycles. The van der Waals surface area contributed by atoms with Crippen molar-refractivity contribution in [1.82, 2.24) is 20.4 Å². The molecular weight excluding hydrogens is 1150 g/mol. The lowest BCUT2D eigenvalue weighted by atomic mass is 9.80. The molecule has 0 aromatic heterocycles. The van der Waals surface area contributed by atoms with E-state index in [9.17, 15) is 0 Å². The number of benzene rings is 6. The summed E-state index contributed by atoms with van der Waals surface area (Å²) in [6.07, 6.45) is 8.25. The fourth-order valence-corrected chi connectivity index (χ4v) is 14.0. The van der Waals surface area contributed by atoms with Crippen LogP contribution in [0.1, 0.15) is 168 Å². The lowest BCUT2D eigenvalue weighted by molar-refractivity contribution is 0.211. The predicted octanol–water partition coefficient (Wildman–Crippen LogP) is 18.3. The van der Waals surface area contributed by atoms with Crippen molar-refractivity contribution in [2.45, 2.75) is 138 Å². The minimum absolute atomic E-state index is 0.00937. The van der Waals surface area contributed by atoms with Crippen molar-refractivity contribution in [2.75, 3.05) is 52.4 Å². The highest BCUT2D eigenvalue weighted by Gasteiger charge is 2.27. The molecule has 7 rings (SSSR count). The fourth-order valence-electron chi connectivity index (χ4n) is 11.5. The maximum atomic E-state index is 6.51. The van der Waals surface area contributed by atoms with Gasteiger partial charge in [0.2, 0.25) is 0 Å². The van der Waals surface area contributed by atoms with Gasteiger partial charge in [0.05, 0.1) is 12.2 Å². The third kappa shape index (κ3) is 21.2. The van der Waals surface area contributed by atoms with Crippen molar-refractivity contribution in [3.05, 3.63) is 212 Å². The summed E-state index contributed by atoms with van der Waals surface area (Å²) >= 11 is 24.8. The molecule has 6 aromatic rings. The molecule has 0 saturated carbocycles. The van der Waals surface area contributed by atoms with Crippen LogP contribution < -0.4 is 10.6 Å². The third-order valence-electron chi connectivity index (χ3n) is 16.3. The Morgan fingerprint density at radius 3 is 0.963 bits per heavy atom. The van der Waals surface area contributed by atoms with Gasteiger partial charge in [-0.25, -0.2) is 0 Å². The van der Waals surface area contributed by atoms with Gasteiger partial charge in [-0.2, -0.15) is 0 Å². The molecular formula is C66H88Cl4N4O2P4. The second kappa shape index (κ2) is 36.7. The highest BCUT2D eigenvalue weighted by Crippen LogP contribution is 2.44. The van der Waals surface area contributed by atoms with Crippen LogP contribution in [0, 0.1) is 0 Å². The van der Waals surface area contributed by atoms with E-state index < -0.39 is 0 Å². The molecule has 10 atom stereocenters. The van der Waals surface area contributed by atoms with Gasteiger partial charge >= 0.3 is 0 Å². The summed E-state index contributed by atoms with van der Waals surface area (Å²) in [7, 11) is 6.22. The van der Waals surface area contributed by atoms with E-state index >= 15 is 0 Å². The molecule has 80 heavy (non-hydrogen) atoms. The van der Waals surface area contributed by atoms with Gasteiger partial charge in [-0.15, -0.1) is 46.4 Å². The Kier molecular flexibility index (Phi) is 30.1. The van der Waals surface area contributed by atoms with Crippen LogP contribution in [0.2, 0.25) is 0 Å². The first kappa shape index (κ1) is 65.5. The Labute approximate surface area is 509 Å². The number of hydrogen-bond donors (Lipinski definition) is 2. The second-order valence-electron chi connectivity index (χ2n) is 21.7. The van der Waals surface area contributed by atoms with E-state index in [2.05, 4.69) is 198 Å².